The van der Waals surface area contributed by atoms with E-state index in [0.717, 1.165) is 11.3 Å². The molecule has 0 aliphatic carbocycles. The first-order chi connectivity index (χ1) is 9.04. The third-order valence-electron chi connectivity index (χ3n) is 2.64. The lowest BCUT2D eigenvalue weighted by Gasteiger charge is -2.10. The lowest BCUT2D eigenvalue weighted by molar-refractivity contribution is 0.318. The zero-order chi connectivity index (χ0) is 14.0. The predicted molar refractivity (Wildman–Crippen MR) is 69.1 cm³/mol. The Morgan fingerprint density at radius 2 is 2.16 bits per heavy atom. The van der Waals surface area contributed by atoms with Gasteiger partial charge in [0.1, 0.15) is 11.4 Å². The van der Waals surface area contributed by atoms with E-state index in [2.05, 4.69) is 25.4 Å². The zero-order valence-corrected chi connectivity index (χ0v) is 11.5. The summed E-state index contributed by atoms with van der Waals surface area (Å²) in [5.74, 6) is 0.000156. The monoisotopic (exact) mass is 279 g/mol. The molecule has 2 rings (SSSR count). The van der Waals surface area contributed by atoms with Crippen molar-refractivity contribution in [3.8, 4) is 0 Å². The number of aromatic nitrogens is 5. The van der Waals surface area contributed by atoms with Crippen molar-refractivity contribution in [1.29, 1.82) is 0 Å². The van der Waals surface area contributed by atoms with Gasteiger partial charge in [0.05, 0.1) is 11.3 Å². The van der Waals surface area contributed by atoms with E-state index < -0.39 is 0 Å². The molecular weight excluding hydrogens is 266 g/mol. The van der Waals surface area contributed by atoms with Crippen LogP contribution in [-0.4, -0.2) is 36.0 Å². The Kier molecular flexibility index (Phi) is 3.65. The van der Waals surface area contributed by atoms with Gasteiger partial charge in [-0.05, 0) is 31.2 Å². The molecule has 2 heterocycles. The minimum atomic E-state index is 0.000156. The first-order valence-electron chi connectivity index (χ1n) is 5.38. The summed E-state index contributed by atoms with van der Waals surface area (Å²) in [4.78, 5) is 4.09. The SMILES string of the molecule is Cc1nnc(Sc2ncnn2C)c(C(N)=NO)c1C. The Balaban J connectivity index is 2.52. The summed E-state index contributed by atoms with van der Waals surface area (Å²) in [5, 5.41) is 25.2. The molecule has 9 heteroatoms. The summed E-state index contributed by atoms with van der Waals surface area (Å²) in [6.45, 7) is 3.66. The van der Waals surface area contributed by atoms with E-state index >= 15 is 0 Å². The molecule has 0 aliphatic heterocycles. The highest BCUT2D eigenvalue weighted by molar-refractivity contribution is 7.99. The predicted octanol–water partition coefficient (Wildman–Crippen LogP) is 0.468. The van der Waals surface area contributed by atoms with Gasteiger partial charge in [0, 0.05) is 7.05 Å². The zero-order valence-electron chi connectivity index (χ0n) is 10.7. The lowest BCUT2D eigenvalue weighted by Crippen LogP contribution is -2.18. The van der Waals surface area contributed by atoms with Gasteiger partial charge in [0.15, 0.2) is 11.0 Å². The normalized spacial score (nSPS) is 11.8. The molecular formula is C10H13N7OS. The molecule has 0 aromatic carbocycles. The van der Waals surface area contributed by atoms with Crippen LogP contribution in [0, 0.1) is 13.8 Å². The first-order valence-corrected chi connectivity index (χ1v) is 6.20. The maximum atomic E-state index is 8.88. The fourth-order valence-electron chi connectivity index (χ4n) is 1.47. The molecule has 100 valence electrons. The summed E-state index contributed by atoms with van der Waals surface area (Å²) < 4.78 is 1.61. The van der Waals surface area contributed by atoms with Crippen molar-refractivity contribution in [3.63, 3.8) is 0 Å². The van der Waals surface area contributed by atoms with E-state index in [-0.39, 0.29) is 5.84 Å². The molecule has 0 fully saturated rings. The van der Waals surface area contributed by atoms with E-state index in [9.17, 15) is 0 Å². The fourth-order valence-corrected chi connectivity index (χ4v) is 2.37. The summed E-state index contributed by atoms with van der Waals surface area (Å²) in [7, 11) is 1.77. The topological polar surface area (TPSA) is 115 Å². The Hall–Kier alpha value is -2.16. The van der Waals surface area contributed by atoms with E-state index in [1.54, 1.807) is 11.7 Å². The molecule has 0 atom stereocenters. The van der Waals surface area contributed by atoms with Crippen LogP contribution in [0.25, 0.3) is 0 Å². The van der Waals surface area contributed by atoms with Gasteiger partial charge < -0.3 is 10.9 Å². The molecule has 0 saturated heterocycles. The summed E-state index contributed by atoms with van der Waals surface area (Å²) in [6, 6.07) is 0. The van der Waals surface area contributed by atoms with Gasteiger partial charge in [-0.15, -0.1) is 5.10 Å². The highest BCUT2D eigenvalue weighted by atomic mass is 32.2. The van der Waals surface area contributed by atoms with Crippen LogP contribution in [0.5, 0.6) is 0 Å². The lowest BCUT2D eigenvalue weighted by atomic mass is 10.1. The number of aryl methyl sites for hydroxylation is 2. The highest BCUT2D eigenvalue weighted by Gasteiger charge is 2.18. The number of nitrogens with two attached hydrogens (primary N) is 1. The third kappa shape index (κ3) is 2.50. The highest BCUT2D eigenvalue weighted by Crippen LogP contribution is 2.28. The smallest absolute Gasteiger partial charge is 0.192 e. The molecule has 8 nitrogen and oxygen atoms in total. The minimum absolute atomic E-state index is 0.000156. The number of oxime groups is 1. The fraction of sp³-hybridized carbons (Fsp3) is 0.300. The molecule has 19 heavy (non-hydrogen) atoms. The van der Waals surface area contributed by atoms with Crippen LogP contribution in [0.3, 0.4) is 0 Å². The van der Waals surface area contributed by atoms with Crippen LogP contribution in [0.15, 0.2) is 21.7 Å². The molecule has 0 aliphatic rings. The van der Waals surface area contributed by atoms with Gasteiger partial charge >= 0.3 is 0 Å². The quantitative estimate of drug-likeness (QED) is 0.363. The van der Waals surface area contributed by atoms with Crippen LogP contribution in [0.4, 0.5) is 0 Å². The minimum Gasteiger partial charge on any atom is -0.409 e. The van der Waals surface area contributed by atoms with Crippen molar-refractivity contribution in [3.05, 3.63) is 23.1 Å². The average molecular weight is 279 g/mol. The molecule has 0 amide bonds. The Morgan fingerprint density at radius 3 is 2.74 bits per heavy atom. The second-order valence-electron chi connectivity index (χ2n) is 3.84. The Bertz CT molecular complexity index is 637. The standard InChI is InChI=1S/C10H13N7OS/c1-5-6(2)14-15-9(7(5)8(11)16-18)19-10-12-4-13-17(10)3/h4,18H,1-3H3,(H2,11,16). The molecule has 0 unspecified atom stereocenters. The number of hydrogen-bond acceptors (Lipinski definition) is 7. The molecule has 0 radical (unpaired) electrons. The average Bonchev–Trinajstić information content (AvgIpc) is 2.79. The van der Waals surface area contributed by atoms with Crippen LogP contribution < -0.4 is 5.73 Å². The van der Waals surface area contributed by atoms with Gasteiger partial charge in [-0.1, -0.05) is 5.16 Å². The number of rotatable bonds is 3. The van der Waals surface area contributed by atoms with E-state index in [1.165, 1.54) is 18.1 Å². The Labute approximate surface area is 113 Å². The van der Waals surface area contributed by atoms with Crippen molar-refractivity contribution in [2.75, 3.05) is 0 Å². The number of nitrogens with zero attached hydrogens (tertiary/aromatic N) is 6. The molecule has 3 N–H and O–H groups in total. The van der Waals surface area contributed by atoms with Crippen LogP contribution >= 0.6 is 11.8 Å². The van der Waals surface area contributed by atoms with Crippen molar-refractivity contribution in [2.45, 2.75) is 24.0 Å². The largest absolute Gasteiger partial charge is 0.409 e. The second-order valence-corrected chi connectivity index (χ2v) is 4.80. The van der Waals surface area contributed by atoms with E-state index in [1.807, 2.05) is 13.8 Å². The van der Waals surface area contributed by atoms with Crippen molar-refractivity contribution < 1.29 is 5.21 Å². The van der Waals surface area contributed by atoms with Crippen LogP contribution in [0.1, 0.15) is 16.8 Å². The molecule has 2 aromatic rings. The maximum absolute atomic E-state index is 8.88. The number of hydrogen-bond donors (Lipinski definition) is 2. The van der Waals surface area contributed by atoms with Gasteiger partial charge in [-0.3, -0.25) is 0 Å². The maximum Gasteiger partial charge on any atom is 0.192 e. The third-order valence-corrected chi connectivity index (χ3v) is 3.68. The van der Waals surface area contributed by atoms with Crippen LogP contribution in [0.2, 0.25) is 0 Å². The Morgan fingerprint density at radius 1 is 1.42 bits per heavy atom. The van der Waals surface area contributed by atoms with Crippen molar-refractivity contribution in [1.82, 2.24) is 25.0 Å². The van der Waals surface area contributed by atoms with Gasteiger partial charge in [0.25, 0.3) is 0 Å². The summed E-state index contributed by atoms with van der Waals surface area (Å²) >= 11 is 1.26. The van der Waals surface area contributed by atoms with Gasteiger partial charge in [0.2, 0.25) is 0 Å². The molecule has 0 bridgehead atoms. The molecule has 0 saturated carbocycles. The van der Waals surface area contributed by atoms with Gasteiger partial charge in [-0.25, -0.2) is 9.67 Å². The van der Waals surface area contributed by atoms with Crippen molar-refractivity contribution >= 4 is 17.6 Å². The van der Waals surface area contributed by atoms with Crippen LogP contribution in [-0.2, 0) is 7.05 Å². The summed E-state index contributed by atoms with van der Waals surface area (Å²) in [6.07, 6.45) is 1.44. The number of amidine groups is 1. The van der Waals surface area contributed by atoms with E-state index in [0.29, 0.717) is 15.7 Å². The van der Waals surface area contributed by atoms with Crippen molar-refractivity contribution in [2.24, 2.45) is 17.9 Å². The molecule has 2 aromatic heterocycles. The molecule has 0 spiro atoms. The summed E-state index contributed by atoms with van der Waals surface area (Å²) in [5.41, 5.74) is 7.81. The first kappa shape index (κ1) is 13.3. The second kappa shape index (κ2) is 5.22. The van der Waals surface area contributed by atoms with Gasteiger partial charge in [-0.2, -0.15) is 10.2 Å². The van der Waals surface area contributed by atoms with E-state index in [4.69, 9.17) is 10.9 Å².